The molecule has 2 atom stereocenters. The summed E-state index contributed by atoms with van der Waals surface area (Å²) < 4.78 is 5.80. The van der Waals surface area contributed by atoms with Crippen LogP contribution in [0.4, 0.5) is 11.4 Å². The van der Waals surface area contributed by atoms with Crippen LogP contribution in [0.3, 0.4) is 0 Å². The summed E-state index contributed by atoms with van der Waals surface area (Å²) in [6.07, 6.45) is 3.79. The first-order chi connectivity index (χ1) is 16.0. The summed E-state index contributed by atoms with van der Waals surface area (Å²) in [7, 11) is 0. The number of hydrogen-bond donors (Lipinski definition) is 2. The quantitative estimate of drug-likeness (QED) is 0.542. The number of aromatic nitrogens is 1. The fourth-order valence-corrected chi connectivity index (χ4v) is 4.89. The maximum atomic E-state index is 13.5. The van der Waals surface area contributed by atoms with Gasteiger partial charge in [0.15, 0.2) is 5.11 Å². The molecule has 2 amide bonds. The highest BCUT2D eigenvalue weighted by molar-refractivity contribution is 7.80. The minimum atomic E-state index is -0.669. The molecule has 0 aliphatic carbocycles. The predicted octanol–water partition coefficient (Wildman–Crippen LogP) is 3.99. The molecule has 8 heteroatoms. The number of thiocarbonyl (C=S) groups is 1. The Morgan fingerprint density at radius 3 is 2.79 bits per heavy atom. The second kappa shape index (κ2) is 8.96. The van der Waals surface area contributed by atoms with Crippen LogP contribution in [-0.4, -0.2) is 52.1 Å². The van der Waals surface area contributed by atoms with Crippen molar-refractivity contribution in [2.24, 2.45) is 0 Å². The zero-order valence-electron chi connectivity index (χ0n) is 18.4. The molecule has 0 saturated carbocycles. The minimum Gasteiger partial charge on any atom is -0.376 e. The maximum absolute atomic E-state index is 13.5. The third-order valence-corrected chi connectivity index (χ3v) is 6.67. The number of anilines is 2. The number of rotatable bonds is 6. The van der Waals surface area contributed by atoms with Gasteiger partial charge in [0.1, 0.15) is 6.04 Å². The lowest BCUT2D eigenvalue weighted by molar-refractivity contribution is -0.124. The fraction of sp³-hybridized carbons (Fsp3) is 0.320. The fourth-order valence-electron chi connectivity index (χ4n) is 4.49. The highest BCUT2D eigenvalue weighted by Gasteiger charge is 2.45. The van der Waals surface area contributed by atoms with Crippen molar-refractivity contribution < 1.29 is 14.3 Å². The Balaban J connectivity index is 1.36. The molecule has 33 heavy (non-hydrogen) atoms. The maximum Gasteiger partial charge on any atom is 0.256 e. The largest absolute Gasteiger partial charge is 0.376 e. The molecule has 2 aliphatic rings. The molecule has 2 aliphatic heterocycles. The lowest BCUT2D eigenvalue weighted by Crippen LogP contribution is -2.42. The second-order valence-electron chi connectivity index (χ2n) is 8.63. The van der Waals surface area contributed by atoms with Gasteiger partial charge in [0.05, 0.1) is 18.2 Å². The number of ether oxygens (including phenoxy) is 1. The van der Waals surface area contributed by atoms with E-state index < -0.39 is 6.04 Å². The molecule has 0 radical (unpaired) electrons. The standard InChI is InChI=1S/C25H26N4O3S/c1-16-4-8-19(9-5-16)29-24(31)22(28(25(29)33)15-20-3-2-12-32-20)14-23(30)27-18-7-6-17-10-11-26-21(17)13-18/h4-11,13,20,22,26H,2-3,12,14-15H2,1H3,(H,27,30). The van der Waals surface area contributed by atoms with E-state index >= 15 is 0 Å². The molecule has 2 N–H and O–H groups in total. The number of nitrogens with zero attached hydrogens (tertiary/aromatic N) is 2. The number of fused-ring (bicyclic) bond motifs is 1. The molecule has 2 unspecified atom stereocenters. The van der Waals surface area contributed by atoms with Crippen molar-refractivity contribution >= 4 is 51.4 Å². The Morgan fingerprint density at radius 2 is 2.03 bits per heavy atom. The van der Waals surface area contributed by atoms with Gasteiger partial charge >= 0.3 is 0 Å². The number of H-pyrrole nitrogens is 1. The SMILES string of the molecule is Cc1ccc(N2C(=O)C(CC(=O)Nc3ccc4cc[nH]c4c3)N(CC3CCCO3)C2=S)cc1. The van der Waals surface area contributed by atoms with Crippen LogP contribution in [0.5, 0.6) is 0 Å². The van der Waals surface area contributed by atoms with E-state index in [-0.39, 0.29) is 24.3 Å². The number of carbonyl (C=O) groups is 2. The van der Waals surface area contributed by atoms with Gasteiger partial charge in [0.25, 0.3) is 5.91 Å². The van der Waals surface area contributed by atoms with Gasteiger partial charge in [0.2, 0.25) is 5.91 Å². The molecule has 1 aromatic heterocycles. The summed E-state index contributed by atoms with van der Waals surface area (Å²) in [5, 5.41) is 4.42. The topological polar surface area (TPSA) is 77.7 Å². The summed E-state index contributed by atoms with van der Waals surface area (Å²) in [4.78, 5) is 33.0. The lowest BCUT2D eigenvalue weighted by Gasteiger charge is -2.26. The number of nitrogens with one attached hydrogen (secondary N) is 2. The molecule has 3 heterocycles. The van der Waals surface area contributed by atoms with Gasteiger partial charge in [-0.25, -0.2) is 0 Å². The highest BCUT2D eigenvalue weighted by Crippen LogP contribution is 2.29. The van der Waals surface area contributed by atoms with E-state index in [1.165, 1.54) is 0 Å². The number of hydrogen-bond acceptors (Lipinski definition) is 4. The average molecular weight is 463 g/mol. The van der Waals surface area contributed by atoms with Crippen molar-refractivity contribution in [1.29, 1.82) is 0 Å². The van der Waals surface area contributed by atoms with Crippen LogP contribution in [0, 0.1) is 6.92 Å². The van der Waals surface area contributed by atoms with Gasteiger partial charge in [-0.3, -0.25) is 14.5 Å². The van der Waals surface area contributed by atoms with Crippen LogP contribution in [0.15, 0.2) is 54.7 Å². The summed E-state index contributed by atoms with van der Waals surface area (Å²) >= 11 is 5.73. The Hall–Kier alpha value is -3.23. The van der Waals surface area contributed by atoms with Crippen molar-refractivity contribution in [1.82, 2.24) is 9.88 Å². The molecule has 3 aromatic rings. The van der Waals surface area contributed by atoms with Crippen LogP contribution in [0.2, 0.25) is 0 Å². The van der Waals surface area contributed by atoms with Crippen molar-refractivity contribution in [3.8, 4) is 0 Å². The van der Waals surface area contributed by atoms with Gasteiger partial charge in [0, 0.05) is 30.6 Å². The molecule has 5 rings (SSSR count). The molecule has 170 valence electrons. The Bertz CT molecular complexity index is 1200. The third kappa shape index (κ3) is 4.36. The van der Waals surface area contributed by atoms with Crippen LogP contribution >= 0.6 is 12.2 Å². The number of carbonyl (C=O) groups excluding carboxylic acids is 2. The minimum absolute atomic E-state index is 0.00886. The van der Waals surface area contributed by atoms with Gasteiger partial charge in [-0.1, -0.05) is 23.8 Å². The predicted molar refractivity (Wildman–Crippen MR) is 132 cm³/mol. The summed E-state index contributed by atoms with van der Waals surface area (Å²) in [5.74, 6) is -0.415. The number of aryl methyl sites for hydroxylation is 1. The van der Waals surface area contributed by atoms with Crippen LogP contribution in [-0.2, 0) is 14.3 Å². The van der Waals surface area contributed by atoms with Crippen LogP contribution in [0.1, 0.15) is 24.8 Å². The molecule has 0 bridgehead atoms. The van der Waals surface area contributed by atoms with Crippen LogP contribution < -0.4 is 10.2 Å². The van der Waals surface area contributed by atoms with Crippen molar-refractivity contribution in [2.45, 2.75) is 38.3 Å². The average Bonchev–Trinajstić information content (AvgIpc) is 3.52. The second-order valence-corrected chi connectivity index (χ2v) is 8.99. The molecule has 7 nitrogen and oxygen atoms in total. The Labute approximate surface area is 197 Å². The van der Waals surface area contributed by atoms with E-state index in [1.54, 1.807) is 4.90 Å². The molecule has 2 saturated heterocycles. The number of aromatic amines is 1. The number of amides is 2. The molecule has 0 spiro atoms. The Kier molecular flexibility index (Phi) is 5.86. The Morgan fingerprint density at radius 1 is 1.21 bits per heavy atom. The monoisotopic (exact) mass is 462 g/mol. The smallest absolute Gasteiger partial charge is 0.256 e. The van der Waals surface area contributed by atoms with E-state index in [4.69, 9.17) is 17.0 Å². The summed E-state index contributed by atoms with van der Waals surface area (Å²) in [6, 6.07) is 14.7. The van der Waals surface area contributed by atoms with E-state index in [9.17, 15) is 9.59 Å². The summed E-state index contributed by atoms with van der Waals surface area (Å²) in [5.41, 5.74) is 3.44. The lowest BCUT2D eigenvalue weighted by atomic mass is 10.1. The van der Waals surface area contributed by atoms with Crippen LogP contribution in [0.25, 0.3) is 10.9 Å². The molecular weight excluding hydrogens is 436 g/mol. The molecule has 2 fully saturated rings. The van der Waals surface area contributed by atoms with E-state index in [0.29, 0.717) is 29.6 Å². The van der Waals surface area contributed by atoms with Crippen molar-refractivity contribution in [2.75, 3.05) is 23.4 Å². The summed E-state index contributed by atoms with van der Waals surface area (Å²) in [6.45, 7) is 3.21. The molecular formula is C25H26N4O3S. The number of benzene rings is 2. The van der Waals surface area contributed by atoms with E-state index in [2.05, 4.69) is 10.3 Å². The van der Waals surface area contributed by atoms with Gasteiger partial charge < -0.3 is 19.9 Å². The van der Waals surface area contributed by atoms with Gasteiger partial charge in [-0.15, -0.1) is 0 Å². The first-order valence-electron chi connectivity index (χ1n) is 11.2. The molecule has 2 aromatic carbocycles. The van der Waals surface area contributed by atoms with E-state index in [0.717, 1.165) is 29.3 Å². The van der Waals surface area contributed by atoms with Crippen molar-refractivity contribution in [3.05, 3.63) is 60.3 Å². The zero-order chi connectivity index (χ0) is 22.9. The third-order valence-electron chi connectivity index (χ3n) is 6.25. The van der Waals surface area contributed by atoms with Gasteiger partial charge in [-0.2, -0.15) is 0 Å². The first-order valence-corrected chi connectivity index (χ1v) is 11.6. The van der Waals surface area contributed by atoms with Crippen molar-refractivity contribution in [3.63, 3.8) is 0 Å². The zero-order valence-corrected chi connectivity index (χ0v) is 19.2. The highest BCUT2D eigenvalue weighted by atomic mass is 32.1. The van der Waals surface area contributed by atoms with Gasteiger partial charge in [-0.05, 0) is 67.7 Å². The normalized spacial score (nSPS) is 20.8. The first kappa shape index (κ1) is 21.6. The van der Waals surface area contributed by atoms with E-state index in [1.807, 2.05) is 66.6 Å².